The summed E-state index contributed by atoms with van der Waals surface area (Å²) in [6, 6.07) is 2.57. The molecular formula is C12H20N2O. The summed E-state index contributed by atoms with van der Waals surface area (Å²) in [6.45, 7) is 2.23. The molecule has 2 fully saturated rings. The molecule has 1 heterocycles. The molecule has 0 unspecified atom stereocenters. The Morgan fingerprint density at radius 3 is 2.33 bits per heavy atom. The van der Waals surface area contributed by atoms with E-state index in [1.54, 1.807) is 7.11 Å². The molecule has 1 aliphatic carbocycles. The van der Waals surface area contributed by atoms with Crippen molar-refractivity contribution in [1.29, 1.82) is 5.26 Å². The van der Waals surface area contributed by atoms with E-state index in [9.17, 15) is 5.26 Å². The molecule has 0 amide bonds. The van der Waals surface area contributed by atoms with Gasteiger partial charge < -0.3 is 4.74 Å². The number of nitrogens with zero attached hydrogens (tertiary/aromatic N) is 2. The van der Waals surface area contributed by atoms with Gasteiger partial charge in [0.05, 0.1) is 12.2 Å². The second-order valence-electron chi connectivity index (χ2n) is 4.77. The van der Waals surface area contributed by atoms with Crippen LogP contribution in [0.25, 0.3) is 0 Å². The molecule has 0 N–H and O–H groups in total. The van der Waals surface area contributed by atoms with Crippen LogP contribution in [0.3, 0.4) is 0 Å². The van der Waals surface area contributed by atoms with E-state index in [1.807, 2.05) is 0 Å². The molecule has 2 rings (SSSR count). The lowest BCUT2D eigenvalue weighted by Crippen LogP contribution is -2.49. The largest absolute Gasteiger partial charge is 0.381 e. The number of methoxy groups -OCH3 is 1. The van der Waals surface area contributed by atoms with Crippen LogP contribution < -0.4 is 0 Å². The van der Waals surface area contributed by atoms with E-state index in [2.05, 4.69) is 11.0 Å². The van der Waals surface area contributed by atoms with Gasteiger partial charge in [0.1, 0.15) is 5.54 Å². The predicted molar refractivity (Wildman–Crippen MR) is 58.4 cm³/mol. The Bertz CT molecular complexity index is 245. The molecule has 1 saturated carbocycles. The Morgan fingerprint density at radius 2 is 1.87 bits per heavy atom. The standard InChI is InChI=1S/C12H20N2O/c1-15-11-4-6-12(10-13,7-5-11)14-8-2-3-9-14/h11H,2-9H2,1H3. The first-order valence-electron chi connectivity index (χ1n) is 6.00. The minimum atomic E-state index is -0.161. The molecule has 0 aromatic heterocycles. The topological polar surface area (TPSA) is 36.3 Å². The van der Waals surface area contributed by atoms with Crippen LogP contribution in [-0.4, -0.2) is 36.7 Å². The van der Waals surface area contributed by atoms with Crippen molar-refractivity contribution in [3.8, 4) is 6.07 Å². The first-order chi connectivity index (χ1) is 7.30. The van der Waals surface area contributed by atoms with Crippen molar-refractivity contribution in [2.24, 2.45) is 0 Å². The molecule has 3 heteroatoms. The lowest BCUT2D eigenvalue weighted by atomic mass is 9.80. The highest BCUT2D eigenvalue weighted by Gasteiger charge is 2.41. The van der Waals surface area contributed by atoms with E-state index in [-0.39, 0.29) is 5.54 Å². The van der Waals surface area contributed by atoms with E-state index in [1.165, 1.54) is 12.8 Å². The zero-order valence-corrected chi connectivity index (χ0v) is 9.54. The normalized spacial score (nSPS) is 37.7. The number of likely N-dealkylation sites (tertiary alicyclic amines) is 1. The fourth-order valence-electron chi connectivity index (χ4n) is 2.95. The van der Waals surface area contributed by atoms with Crippen LogP contribution in [0.1, 0.15) is 38.5 Å². The Labute approximate surface area is 92.0 Å². The second kappa shape index (κ2) is 4.51. The third kappa shape index (κ3) is 2.02. The number of nitriles is 1. The smallest absolute Gasteiger partial charge is 0.109 e. The van der Waals surface area contributed by atoms with Gasteiger partial charge in [-0.25, -0.2) is 0 Å². The summed E-state index contributed by atoms with van der Waals surface area (Å²) in [5.74, 6) is 0. The Balaban J connectivity index is 2.01. The van der Waals surface area contributed by atoms with Gasteiger partial charge in [0, 0.05) is 7.11 Å². The maximum absolute atomic E-state index is 9.43. The van der Waals surface area contributed by atoms with Crippen LogP contribution in [0.2, 0.25) is 0 Å². The lowest BCUT2D eigenvalue weighted by Gasteiger charge is -2.41. The summed E-state index contributed by atoms with van der Waals surface area (Å²) in [6.07, 6.45) is 6.97. The van der Waals surface area contributed by atoms with Gasteiger partial charge in [-0.2, -0.15) is 5.26 Å². The molecule has 3 nitrogen and oxygen atoms in total. The van der Waals surface area contributed by atoms with Gasteiger partial charge in [0.25, 0.3) is 0 Å². The van der Waals surface area contributed by atoms with E-state index in [0.717, 1.165) is 38.8 Å². The van der Waals surface area contributed by atoms with Crippen LogP contribution in [-0.2, 0) is 4.74 Å². The Morgan fingerprint density at radius 1 is 1.27 bits per heavy atom. The third-order valence-corrected chi connectivity index (χ3v) is 4.01. The molecule has 0 aromatic rings. The van der Waals surface area contributed by atoms with Gasteiger partial charge in [0.2, 0.25) is 0 Å². The van der Waals surface area contributed by atoms with Crippen LogP contribution in [0.4, 0.5) is 0 Å². The predicted octanol–water partition coefficient (Wildman–Crippen LogP) is 1.93. The van der Waals surface area contributed by atoms with E-state index in [4.69, 9.17) is 4.74 Å². The van der Waals surface area contributed by atoms with Gasteiger partial charge in [0.15, 0.2) is 0 Å². The van der Waals surface area contributed by atoms with E-state index >= 15 is 0 Å². The molecule has 0 radical (unpaired) electrons. The summed E-state index contributed by atoms with van der Waals surface area (Å²) in [7, 11) is 1.78. The quantitative estimate of drug-likeness (QED) is 0.695. The first-order valence-corrected chi connectivity index (χ1v) is 6.00. The summed E-state index contributed by atoms with van der Waals surface area (Å²) in [4.78, 5) is 2.40. The highest BCUT2D eigenvalue weighted by molar-refractivity contribution is 5.11. The van der Waals surface area contributed by atoms with Gasteiger partial charge in [-0.3, -0.25) is 4.90 Å². The lowest BCUT2D eigenvalue weighted by molar-refractivity contribution is 0.0220. The van der Waals surface area contributed by atoms with Crippen molar-refractivity contribution in [3.63, 3.8) is 0 Å². The fraction of sp³-hybridized carbons (Fsp3) is 0.917. The number of ether oxygens (including phenoxy) is 1. The number of rotatable bonds is 2. The molecule has 1 saturated heterocycles. The van der Waals surface area contributed by atoms with Crippen molar-refractivity contribution in [2.45, 2.75) is 50.2 Å². The molecule has 2 aliphatic rings. The van der Waals surface area contributed by atoms with Gasteiger partial charge >= 0.3 is 0 Å². The minimum Gasteiger partial charge on any atom is -0.381 e. The molecule has 84 valence electrons. The van der Waals surface area contributed by atoms with Crippen molar-refractivity contribution in [1.82, 2.24) is 4.90 Å². The Hall–Kier alpha value is -0.590. The van der Waals surface area contributed by atoms with E-state index in [0.29, 0.717) is 6.10 Å². The highest BCUT2D eigenvalue weighted by atomic mass is 16.5. The van der Waals surface area contributed by atoms with Crippen molar-refractivity contribution in [2.75, 3.05) is 20.2 Å². The van der Waals surface area contributed by atoms with Crippen molar-refractivity contribution < 1.29 is 4.74 Å². The fourth-order valence-corrected chi connectivity index (χ4v) is 2.95. The summed E-state index contributed by atoms with van der Waals surface area (Å²) in [5, 5.41) is 9.43. The Kier molecular flexibility index (Phi) is 3.28. The zero-order valence-electron chi connectivity index (χ0n) is 9.54. The van der Waals surface area contributed by atoms with Gasteiger partial charge in [-0.1, -0.05) is 0 Å². The van der Waals surface area contributed by atoms with Gasteiger partial charge in [-0.05, 0) is 51.6 Å². The first kappa shape index (κ1) is 10.9. The van der Waals surface area contributed by atoms with Crippen LogP contribution in [0, 0.1) is 11.3 Å². The maximum atomic E-state index is 9.43. The van der Waals surface area contributed by atoms with Crippen LogP contribution in [0.5, 0.6) is 0 Å². The molecule has 0 bridgehead atoms. The molecule has 0 aromatic carbocycles. The van der Waals surface area contributed by atoms with E-state index < -0.39 is 0 Å². The second-order valence-corrected chi connectivity index (χ2v) is 4.77. The maximum Gasteiger partial charge on any atom is 0.109 e. The minimum absolute atomic E-state index is 0.161. The monoisotopic (exact) mass is 208 g/mol. The average Bonchev–Trinajstić information content (AvgIpc) is 2.83. The molecule has 1 aliphatic heterocycles. The third-order valence-electron chi connectivity index (χ3n) is 4.01. The highest BCUT2D eigenvalue weighted by Crippen LogP contribution is 2.36. The summed E-state index contributed by atoms with van der Waals surface area (Å²) >= 11 is 0. The van der Waals surface area contributed by atoms with Crippen LogP contribution in [0.15, 0.2) is 0 Å². The number of hydrogen-bond acceptors (Lipinski definition) is 3. The summed E-state index contributed by atoms with van der Waals surface area (Å²) in [5.41, 5.74) is -0.161. The zero-order chi connectivity index (χ0) is 10.7. The van der Waals surface area contributed by atoms with Crippen molar-refractivity contribution in [3.05, 3.63) is 0 Å². The van der Waals surface area contributed by atoms with Gasteiger partial charge in [-0.15, -0.1) is 0 Å². The van der Waals surface area contributed by atoms with Crippen LogP contribution >= 0.6 is 0 Å². The molecule has 0 spiro atoms. The summed E-state index contributed by atoms with van der Waals surface area (Å²) < 4.78 is 5.36. The molecule has 0 atom stereocenters. The molecular weight excluding hydrogens is 188 g/mol. The SMILES string of the molecule is COC1CCC(C#N)(N2CCCC2)CC1. The van der Waals surface area contributed by atoms with Crippen molar-refractivity contribution >= 4 is 0 Å². The average molecular weight is 208 g/mol. The molecule has 15 heavy (non-hydrogen) atoms. The number of hydrogen-bond donors (Lipinski definition) is 0.